The van der Waals surface area contributed by atoms with Gasteiger partial charge in [0.25, 0.3) is 0 Å². The third kappa shape index (κ3) is 3.04. The van der Waals surface area contributed by atoms with Crippen LogP contribution in [0, 0.1) is 22.7 Å². The highest BCUT2D eigenvalue weighted by molar-refractivity contribution is 6.32. The van der Waals surface area contributed by atoms with Gasteiger partial charge < -0.3 is 4.90 Å². The van der Waals surface area contributed by atoms with E-state index >= 15 is 0 Å². The second-order valence-corrected chi connectivity index (χ2v) is 6.78. The Morgan fingerprint density at radius 3 is 2.42 bits per heavy atom. The largest absolute Gasteiger partial charge is 0.370 e. The maximum atomic E-state index is 9.25. The summed E-state index contributed by atoms with van der Waals surface area (Å²) in [5, 5.41) is 9.80. The van der Waals surface area contributed by atoms with Crippen LogP contribution in [0.3, 0.4) is 0 Å². The van der Waals surface area contributed by atoms with Crippen LogP contribution in [0.5, 0.6) is 0 Å². The molecular formula is C16H21ClN2. The zero-order chi connectivity index (χ0) is 14.0. The lowest BCUT2D eigenvalue weighted by atomic mass is 9.75. The summed E-state index contributed by atoms with van der Waals surface area (Å²) in [5.74, 6) is 0.758. The van der Waals surface area contributed by atoms with E-state index in [1.54, 1.807) is 6.07 Å². The van der Waals surface area contributed by atoms with Crippen molar-refractivity contribution in [2.45, 2.75) is 33.6 Å². The van der Waals surface area contributed by atoms with E-state index in [4.69, 9.17) is 11.6 Å². The van der Waals surface area contributed by atoms with Gasteiger partial charge in [-0.2, -0.15) is 5.26 Å². The van der Waals surface area contributed by atoms with Gasteiger partial charge >= 0.3 is 0 Å². The Balaban J connectivity index is 2.15. The number of halogens is 1. The van der Waals surface area contributed by atoms with Crippen LogP contribution in [0.2, 0.25) is 5.02 Å². The summed E-state index contributed by atoms with van der Waals surface area (Å²) in [5.41, 5.74) is 1.97. The molecule has 1 aromatic carbocycles. The second kappa shape index (κ2) is 5.43. The molecule has 102 valence electrons. The summed E-state index contributed by atoms with van der Waals surface area (Å²) < 4.78 is 0. The van der Waals surface area contributed by atoms with Gasteiger partial charge in [0.05, 0.1) is 16.3 Å². The highest BCUT2D eigenvalue weighted by atomic mass is 35.5. The lowest BCUT2D eigenvalue weighted by Crippen LogP contribution is -2.38. The third-order valence-corrected chi connectivity index (χ3v) is 4.48. The van der Waals surface area contributed by atoms with E-state index in [9.17, 15) is 5.26 Å². The number of piperidine rings is 1. The first kappa shape index (κ1) is 14.2. The fourth-order valence-corrected chi connectivity index (χ4v) is 3.09. The predicted molar refractivity (Wildman–Crippen MR) is 80.6 cm³/mol. The molecule has 1 fully saturated rings. The van der Waals surface area contributed by atoms with Crippen molar-refractivity contribution in [3.63, 3.8) is 0 Å². The number of hydrogen-bond donors (Lipinski definition) is 0. The van der Waals surface area contributed by atoms with Crippen molar-refractivity contribution >= 4 is 17.3 Å². The van der Waals surface area contributed by atoms with Gasteiger partial charge in [0.2, 0.25) is 0 Å². The first-order chi connectivity index (χ1) is 8.93. The van der Waals surface area contributed by atoms with E-state index in [0.717, 1.165) is 24.7 Å². The van der Waals surface area contributed by atoms with Crippen molar-refractivity contribution in [3.05, 3.63) is 28.8 Å². The zero-order valence-corrected chi connectivity index (χ0v) is 12.7. The van der Waals surface area contributed by atoms with Crippen LogP contribution in [0.1, 0.15) is 39.2 Å². The monoisotopic (exact) mass is 276 g/mol. The first-order valence-corrected chi connectivity index (χ1v) is 7.25. The van der Waals surface area contributed by atoms with Crippen molar-refractivity contribution in [3.8, 4) is 6.07 Å². The SMILES string of the molecule is CC(C)(C)C1CCN(c2cccc(Cl)c2C#N)CC1. The Bertz CT molecular complexity index is 488. The molecule has 1 aliphatic heterocycles. The zero-order valence-electron chi connectivity index (χ0n) is 11.9. The summed E-state index contributed by atoms with van der Waals surface area (Å²) in [4.78, 5) is 2.30. The van der Waals surface area contributed by atoms with Gasteiger partial charge in [0.15, 0.2) is 0 Å². The molecule has 1 heterocycles. The van der Waals surface area contributed by atoms with Crippen LogP contribution in [0.15, 0.2) is 18.2 Å². The lowest BCUT2D eigenvalue weighted by Gasteiger charge is -2.40. The molecule has 0 unspecified atom stereocenters. The van der Waals surface area contributed by atoms with Crippen LogP contribution < -0.4 is 4.90 Å². The quantitative estimate of drug-likeness (QED) is 0.756. The molecule has 0 aliphatic carbocycles. The fraction of sp³-hybridized carbons (Fsp3) is 0.562. The van der Waals surface area contributed by atoms with Crippen molar-refractivity contribution in [2.75, 3.05) is 18.0 Å². The van der Waals surface area contributed by atoms with Gasteiger partial charge in [0.1, 0.15) is 6.07 Å². The summed E-state index contributed by atoms with van der Waals surface area (Å²) in [6.07, 6.45) is 2.36. The average Bonchev–Trinajstić information content (AvgIpc) is 2.37. The van der Waals surface area contributed by atoms with Crippen LogP contribution in [-0.4, -0.2) is 13.1 Å². The Hall–Kier alpha value is -1.20. The van der Waals surface area contributed by atoms with Gasteiger partial charge in [-0.25, -0.2) is 0 Å². The average molecular weight is 277 g/mol. The van der Waals surface area contributed by atoms with Crippen LogP contribution in [0.4, 0.5) is 5.69 Å². The second-order valence-electron chi connectivity index (χ2n) is 6.37. The molecule has 2 nitrogen and oxygen atoms in total. The number of hydrogen-bond acceptors (Lipinski definition) is 2. The molecule has 3 heteroatoms. The number of nitrogens with zero attached hydrogens (tertiary/aromatic N) is 2. The Kier molecular flexibility index (Phi) is 4.06. The van der Waals surface area contributed by atoms with E-state index in [0.29, 0.717) is 16.0 Å². The number of rotatable bonds is 1. The minimum atomic E-state index is 0.373. The van der Waals surface area contributed by atoms with Crippen LogP contribution >= 0.6 is 11.6 Å². The summed E-state index contributed by atoms with van der Waals surface area (Å²) in [6, 6.07) is 7.94. The van der Waals surface area contributed by atoms with Crippen LogP contribution in [-0.2, 0) is 0 Å². The van der Waals surface area contributed by atoms with E-state index in [1.807, 2.05) is 12.1 Å². The maximum Gasteiger partial charge on any atom is 0.103 e. The highest BCUT2D eigenvalue weighted by Crippen LogP contribution is 2.37. The molecule has 0 saturated carbocycles. The number of nitriles is 1. The molecular weight excluding hydrogens is 256 g/mol. The van der Waals surface area contributed by atoms with Crippen molar-refractivity contribution in [2.24, 2.45) is 11.3 Å². The molecule has 0 radical (unpaired) electrons. The van der Waals surface area contributed by atoms with E-state index < -0.39 is 0 Å². The Morgan fingerprint density at radius 1 is 1.26 bits per heavy atom. The normalized spacial score (nSPS) is 17.3. The molecule has 1 aromatic rings. The number of benzene rings is 1. The Morgan fingerprint density at radius 2 is 1.89 bits per heavy atom. The molecule has 0 N–H and O–H groups in total. The fourth-order valence-electron chi connectivity index (χ4n) is 2.87. The van der Waals surface area contributed by atoms with Gasteiger partial charge in [-0.15, -0.1) is 0 Å². The third-order valence-electron chi connectivity index (χ3n) is 4.16. The topological polar surface area (TPSA) is 27.0 Å². The van der Waals surface area contributed by atoms with E-state index in [1.165, 1.54) is 12.8 Å². The minimum Gasteiger partial charge on any atom is -0.370 e. The van der Waals surface area contributed by atoms with Crippen molar-refractivity contribution < 1.29 is 0 Å². The summed E-state index contributed by atoms with van der Waals surface area (Å²) >= 11 is 6.10. The molecule has 0 amide bonds. The summed E-state index contributed by atoms with van der Waals surface area (Å²) in [7, 11) is 0. The molecule has 0 spiro atoms. The molecule has 2 rings (SSSR count). The number of anilines is 1. The smallest absolute Gasteiger partial charge is 0.103 e. The maximum absolute atomic E-state index is 9.25. The Labute approximate surface area is 121 Å². The summed E-state index contributed by atoms with van der Waals surface area (Å²) in [6.45, 7) is 8.96. The van der Waals surface area contributed by atoms with Gasteiger partial charge in [-0.1, -0.05) is 38.4 Å². The first-order valence-electron chi connectivity index (χ1n) is 6.87. The standard InChI is InChI=1S/C16H21ClN2/c1-16(2,3)12-7-9-19(10-8-12)15-6-4-5-14(17)13(15)11-18/h4-6,12H,7-10H2,1-3H3. The van der Waals surface area contributed by atoms with E-state index in [2.05, 4.69) is 31.7 Å². The van der Waals surface area contributed by atoms with Gasteiger partial charge in [0, 0.05) is 13.1 Å². The molecule has 0 atom stereocenters. The molecule has 0 bridgehead atoms. The molecule has 1 saturated heterocycles. The van der Waals surface area contributed by atoms with E-state index in [-0.39, 0.29) is 0 Å². The molecule has 0 aromatic heterocycles. The minimum absolute atomic E-state index is 0.373. The van der Waals surface area contributed by atoms with Gasteiger partial charge in [-0.3, -0.25) is 0 Å². The molecule has 1 aliphatic rings. The van der Waals surface area contributed by atoms with Crippen LogP contribution in [0.25, 0.3) is 0 Å². The van der Waals surface area contributed by atoms with Crippen molar-refractivity contribution in [1.29, 1.82) is 5.26 Å². The van der Waals surface area contributed by atoms with Crippen molar-refractivity contribution in [1.82, 2.24) is 0 Å². The predicted octanol–water partition coefficient (Wildman–Crippen LogP) is 4.47. The highest BCUT2D eigenvalue weighted by Gasteiger charge is 2.29. The molecule has 19 heavy (non-hydrogen) atoms. The van der Waals surface area contributed by atoms with Gasteiger partial charge in [-0.05, 0) is 36.3 Å². The lowest BCUT2D eigenvalue weighted by molar-refractivity contribution is 0.199.